The van der Waals surface area contributed by atoms with Crippen LogP contribution in [-0.4, -0.2) is 23.6 Å². The molecule has 0 spiro atoms. The molecule has 0 aliphatic rings. The third-order valence-corrected chi connectivity index (χ3v) is 1.68. The molecular formula is C10H12N2O3. The molecule has 0 aliphatic heterocycles. The Labute approximate surface area is 87.4 Å². The lowest BCUT2D eigenvalue weighted by Gasteiger charge is -2.15. The Morgan fingerprint density at radius 1 is 1.47 bits per heavy atom. The number of amidine groups is 1. The molecule has 0 saturated carbocycles. The van der Waals surface area contributed by atoms with E-state index >= 15 is 0 Å². The molecule has 5 heteroatoms. The molecule has 0 radical (unpaired) electrons. The van der Waals surface area contributed by atoms with Crippen molar-refractivity contribution < 1.29 is 14.7 Å². The van der Waals surface area contributed by atoms with E-state index in [9.17, 15) is 10.0 Å². The van der Waals surface area contributed by atoms with Crippen molar-refractivity contribution in [2.75, 3.05) is 11.7 Å². The number of anilines is 1. The van der Waals surface area contributed by atoms with Crippen LogP contribution in [0.4, 0.5) is 5.69 Å². The largest absolute Gasteiger partial charge is 0.460 e. The van der Waals surface area contributed by atoms with Crippen LogP contribution in [0, 0.1) is 5.41 Å². The number of hydrogen-bond donors (Lipinski definition) is 2. The van der Waals surface area contributed by atoms with Gasteiger partial charge in [-0.2, -0.15) is 0 Å². The minimum atomic E-state index is -0.858. The van der Waals surface area contributed by atoms with E-state index in [0.29, 0.717) is 10.8 Å². The van der Waals surface area contributed by atoms with Crippen LogP contribution >= 0.6 is 0 Å². The Balaban J connectivity index is 2.73. The summed E-state index contributed by atoms with van der Waals surface area (Å²) in [4.78, 5) is 11.1. The molecule has 0 heterocycles. The van der Waals surface area contributed by atoms with E-state index in [4.69, 9.17) is 5.41 Å². The quantitative estimate of drug-likeness (QED) is 0.333. The standard InChI is InChI=1S/C10H12N2O3/c1-2-15-10(13)9(11)12(14)8-6-4-3-5-7-8/h3-7,11,14H,2H2,1H3. The van der Waals surface area contributed by atoms with Gasteiger partial charge in [0.15, 0.2) is 0 Å². The summed E-state index contributed by atoms with van der Waals surface area (Å²) in [5.41, 5.74) is 0.343. The van der Waals surface area contributed by atoms with E-state index in [1.54, 1.807) is 37.3 Å². The first-order valence-electron chi connectivity index (χ1n) is 4.46. The van der Waals surface area contributed by atoms with Crippen LogP contribution in [0.15, 0.2) is 30.3 Å². The zero-order chi connectivity index (χ0) is 11.3. The van der Waals surface area contributed by atoms with Gasteiger partial charge in [-0.1, -0.05) is 18.2 Å². The topological polar surface area (TPSA) is 73.6 Å². The van der Waals surface area contributed by atoms with Gasteiger partial charge in [-0.05, 0) is 19.1 Å². The van der Waals surface area contributed by atoms with Gasteiger partial charge in [0.25, 0.3) is 0 Å². The Morgan fingerprint density at radius 2 is 2.07 bits per heavy atom. The number of nitrogens with one attached hydrogen (secondary N) is 1. The number of ether oxygens (including phenoxy) is 1. The van der Waals surface area contributed by atoms with Crippen LogP contribution in [0.1, 0.15) is 6.92 Å². The van der Waals surface area contributed by atoms with Crippen LogP contribution in [0.3, 0.4) is 0 Å². The van der Waals surface area contributed by atoms with Gasteiger partial charge in [-0.15, -0.1) is 0 Å². The molecule has 0 aromatic heterocycles. The predicted molar refractivity (Wildman–Crippen MR) is 55.1 cm³/mol. The number of hydroxylamine groups is 1. The first-order valence-corrected chi connectivity index (χ1v) is 4.46. The Bertz CT molecular complexity index is 351. The lowest BCUT2D eigenvalue weighted by atomic mass is 10.3. The first kappa shape index (κ1) is 11.2. The second-order valence-electron chi connectivity index (χ2n) is 2.72. The van der Waals surface area contributed by atoms with Gasteiger partial charge in [0.1, 0.15) is 0 Å². The number of benzene rings is 1. The number of carbonyl (C=O) groups excluding carboxylic acids is 1. The average molecular weight is 208 g/mol. The SMILES string of the molecule is CCOC(=O)C(=N)N(O)c1ccccc1. The fourth-order valence-corrected chi connectivity index (χ4v) is 0.984. The number of nitrogens with zero attached hydrogens (tertiary/aromatic N) is 1. The molecule has 5 nitrogen and oxygen atoms in total. The molecule has 0 bridgehead atoms. The smallest absolute Gasteiger partial charge is 0.376 e. The Kier molecular flexibility index (Phi) is 3.82. The van der Waals surface area contributed by atoms with Crippen LogP contribution in [0.5, 0.6) is 0 Å². The minimum absolute atomic E-state index is 0.170. The number of esters is 1. The van der Waals surface area contributed by atoms with Crippen molar-refractivity contribution in [2.24, 2.45) is 0 Å². The van der Waals surface area contributed by atoms with Crippen LogP contribution < -0.4 is 5.06 Å². The molecule has 2 N–H and O–H groups in total. The highest BCUT2D eigenvalue weighted by Crippen LogP contribution is 2.11. The Morgan fingerprint density at radius 3 is 2.60 bits per heavy atom. The van der Waals surface area contributed by atoms with Gasteiger partial charge in [0.05, 0.1) is 12.3 Å². The monoisotopic (exact) mass is 208 g/mol. The molecule has 1 aromatic carbocycles. The van der Waals surface area contributed by atoms with Crippen LogP contribution in [0.25, 0.3) is 0 Å². The summed E-state index contributed by atoms with van der Waals surface area (Å²) in [5, 5.41) is 17.3. The molecular weight excluding hydrogens is 196 g/mol. The van der Waals surface area contributed by atoms with Crippen molar-refractivity contribution in [3.63, 3.8) is 0 Å². The number of hydrogen-bond acceptors (Lipinski definition) is 4. The summed E-state index contributed by atoms with van der Waals surface area (Å²) in [6, 6.07) is 8.31. The molecule has 15 heavy (non-hydrogen) atoms. The molecule has 0 aliphatic carbocycles. The third-order valence-electron chi connectivity index (χ3n) is 1.68. The fourth-order valence-electron chi connectivity index (χ4n) is 0.984. The van der Waals surface area contributed by atoms with Gasteiger partial charge in [-0.3, -0.25) is 10.6 Å². The second-order valence-corrected chi connectivity index (χ2v) is 2.72. The zero-order valence-electron chi connectivity index (χ0n) is 8.30. The van der Waals surface area contributed by atoms with Crippen molar-refractivity contribution >= 4 is 17.5 Å². The number of rotatable bonds is 2. The molecule has 1 rings (SSSR count). The van der Waals surface area contributed by atoms with E-state index < -0.39 is 11.8 Å². The third kappa shape index (κ3) is 2.78. The minimum Gasteiger partial charge on any atom is -0.460 e. The molecule has 1 aromatic rings. The zero-order valence-corrected chi connectivity index (χ0v) is 8.30. The summed E-state index contributed by atoms with van der Waals surface area (Å²) in [6.07, 6.45) is 0. The van der Waals surface area contributed by atoms with Crippen molar-refractivity contribution in [1.29, 1.82) is 5.41 Å². The highest BCUT2D eigenvalue weighted by Gasteiger charge is 2.18. The lowest BCUT2D eigenvalue weighted by Crippen LogP contribution is -2.34. The normalized spacial score (nSPS) is 9.47. The molecule has 0 saturated heterocycles. The molecule has 0 atom stereocenters. The van der Waals surface area contributed by atoms with Crippen LogP contribution in [0.2, 0.25) is 0 Å². The van der Waals surface area contributed by atoms with E-state index in [0.717, 1.165) is 0 Å². The first-order chi connectivity index (χ1) is 7.16. The highest BCUT2D eigenvalue weighted by molar-refractivity contribution is 6.38. The van der Waals surface area contributed by atoms with Gasteiger partial charge in [0, 0.05) is 0 Å². The maximum Gasteiger partial charge on any atom is 0.376 e. The highest BCUT2D eigenvalue weighted by atomic mass is 16.5. The Hall–Kier alpha value is -1.88. The van der Waals surface area contributed by atoms with Crippen LogP contribution in [-0.2, 0) is 9.53 Å². The summed E-state index contributed by atoms with van der Waals surface area (Å²) >= 11 is 0. The molecule has 0 fully saturated rings. The number of para-hydroxylation sites is 1. The summed E-state index contributed by atoms with van der Waals surface area (Å²) in [6.45, 7) is 1.80. The average Bonchev–Trinajstić information content (AvgIpc) is 2.28. The van der Waals surface area contributed by atoms with E-state index in [1.165, 1.54) is 0 Å². The molecule has 80 valence electrons. The van der Waals surface area contributed by atoms with E-state index in [1.807, 2.05) is 0 Å². The van der Waals surface area contributed by atoms with Crippen molar-refractivity contribution in [3.05, 3.63) is 30.3 Å². The van der Waals surface area contributed by atoms with Gasteiger partial charge < -0.3 is 4.74 Å². The summed E-state index contributed by atoms with van der Waals surface area (Å²) in [5.74, 6) is -1.47. The lowest BCUT2D eigenvalue weighted by molar-refractivity contribution is -0.135. The van der Waals surface area contributed by atoms with Crippen molar-refractivity contribution in [1.82, 2.24) is 0 Å². The van der Waals surface area contributed by atoms with E-state index in [2.05, 4.69) is 4.74 Å². The van der Waals surface area contributed by atoms with Gasteiger partial charge in [-0.25, -0.2) is 9.86 Å². The summed E-state index contributed by atoms with van der Waals surface area (Å²) < 4.78 is 4.58. The fraction of sp³-hybridized carbons (Fsp3) is 0.200. The van der Waals surface area contributed by atoms with Crippen molar-refractivity contribution in [2.45, 2.75) is 6.92 Å². The maximum atomic E-state index is 11.1. The molecule has 0 unspecified atom stereocenters. The van der Waals surface area contributed by atoms with Gasteiger partial charge >= 0.3 is 5.97 Å². The maximum absolute atomic E-state index is 11.1. The number of carbonyl (C=O) groups is 1. The van der Waals surface area contributed by atoms with Crippen molar-refractivity contribution in [3.8, 4) is 0 Å². The second kappa shape index (κ2) is 5.11. The van der Waals surface area contributed by atoms with E-state index in [-0.39, 0.29) is 6.61 Å². The summed E-state index contributed by atoms with van der Waals surface area (Å²) in [7, 11) is 0. The van der Waals surface area contributed by atoms with Gasteiger partial charge in [0.2, 0.25) is 5.84 Å². The predicted octanol–water partition coefficient (Wildman–Crippen LogP) is 1.42. The molecule has 0 amide bonds.